The predicted molar refractivity (Wildman–Crippen MR) is 85.6 cm³/mol. The molecule has 0 saturated carbocycles. The molecular formula is C15H18N2O4S. The maximum Gasteiger partial charge on any atom is 0.338 e. The molecule has 118 valence electrons. The summed E-state index contributed by atoms with van der Waals surface area (Å²) in [6.07, 6.45) is 0. The van der Waals surface area contributed by atoms with Gasteiger partial charge in [0.15, 0.2) is 16.6 Å². The van der Waals surface area contributed by atoms with Gasteiger partial charge < -0.3 is 25.2 Å². The van der Waals surface area contributed by atoms with E-state index >= 15 is 0 Å². The zero-order chi connectivity index (χ0) is 16.3. The van der Waals surface area contributed by atoms with Crippen LogP contribution >= 0.6 is 12.2 Å². The van der Waals surface area contributed by atoms with Crippen LogP contribution in [0, 0.1) is 0 Å². The first-order valence-corrected chi connectivity index (χ1v) is 7.21. The molecule has 1 aromatic rings. The molecule has 0 spiro atoms. The Bertz CT molecular complexity index is 642. The van der Waals surface area contributed by atoms with Crippen molar-refractivity contribution in [1.29, 1.82) is 0 Å². The van der Waals surface area contributed by atoms with E-state index in [1.807, 2.05) is 0 Å². The van der Waals surface area contributed by atoms with Gasteiger partial charge >= 0.3 is 5.97 Å². The molecular weight excluding hydrogens is 304 g/mol. The molecule has 22 heavy (non-hydrogen) atoms. The topological polar surface area (TPSA) is 79.8 Å². The van der Waals surface area contributed by atoms with Gasteiger partial charge in [0.2, 0.25) is 0 Å². The first kappa shape index (κ1) is 16.1. The van der Waals surface area contributed by atoms with Gasteiger partial charge in [-0.15, -0.1) is 0 Å². The molecule has 1 heterocycles. The third-order valence-electron chi connectivity index (χ3n) is 3.30. The van der Waals surface area contributed by atoms with Gasteiger partial charge in [-0.2, -0.15) is 0 Å². The Morgan fingerprint density at radius 3 is 2.82 bits per heavy atom. The number of phenolic OH excluding ortho intramolecular Hbond substituents is 1. The van der Waals surface area contributed by atoms with Crippen molar-refractivity contribution in [2.24, 2.45) is 0 Å². The molecule has 1 aromatic carbocycles. The van der Waals surface area contributed by atoms with Gasteiger partial charge in [-0.05, 0) is 43.8 Å². The molecule has 0 saturated heterocycles. The fourth-order valence-corrected chi connectivity index (χ4v) is 2.57. The number of rotatable bonds is 4. The number of benzene rings is 1. The Hall–Kier alpha value is -2.28. The summed E-state index contributed by atoms with van der Waals surface area (Å²) in [5.74, 6) is -0.0645. The minimum Gasteiger partial charge on any atom is -0.504 e. The number of methoxy groups -OCH3 is 1. The van der Waals surface area contributed by atoms with Crippen molar-refractivity contribution in [2.75, 3.05) is 13.7 Å². The molecule has 3 N–H and O–H groups in total. The maximum absolute atomic E-state index is 12.2. The zero-order valence-corrected chi connectivity index (χ0v) is 13.4. The number of carbonyl (C=O) groups excluding carboxylic acids is 1. The fraction of sp³-hybridized carbons (Fsp3) is 0.333. The van der Waals surface area contributed by atoms with E-state index in [9.17, 15) is 9.90 Å². The lowest BCUT2D eigenvalue weighted by Crippen LogP contribution is -2.45. The van der Waals surface area contributed by atoms with E-state index in [2.05, 4.69) is 10.6 Å². The van der Waals surface area contributed by atoms with Gasteiger partial charge in [0, 0.05) is 5.70 Å². The van der Waals surface area contributed by atoms with Crippen molar-refractivity contribution in [3.63, 3.8) is 0 Å². The first-order valence-electron chi connectivity index (χ1n) is 6.80. The van der Waals surface area contributed by atoms with Crippen LogP contribution in [-0.2, 0) is 9.53 Å². The van der Waals surface area contributed by atoms with E-state index < -0.39 is 12.0 Å². The molecule has 1 aliphatic heterocycles. The Morgan fingerprint density at radius 2 is 2.18 bits per heavy atom. The number of ether oxygens (including phenoxy) is 2. The summed E-state index contributed by atoms with van der Waals surface area (Å²) in [5, 5.41) is 16.1. The summed E-state index contributed by atoms with van der Waals surface area (Å²) < 4.78 is 10.2. The van der Waals surface area contributed by atoms with Gasteiger partial charge in [-0.25, -0.2) is 4.79 Å². The van der Waals surface area contributed by atoms with Crippen LogP contribution < -0.4 is 15.4 Å². The molecule has 0 amide bonds. The Morgan fingerprint density at radius 1 is 1.45 bits per heavy atom. The van der Waals surface area contributed by atoms with Gasteiger partial charge in [0.05, 0.1) is 25.3 Å². The molecule has 0 aromatic heterocycles. The van der Waals surface area contributed by atoms with Gasteiger partial charge in [0.1, 0.15) is 0 Å². The van der Waals surface area contributed by atoms with Crippen LogP contribution in [0.15, 0.2) is 29.5 Å². The minimum atomic E-state index is -0.470. The molecule has 2 rings (SSSR count). The quantitative estimate of drug-likeness (QED) is 0.576. The molecule has 6 nitrogen and oxygen atoms in total. The summed E-state index contributed by atoms with van der Waals surface area (Å²) in [6, 6.07) is 4.41. The summed E-state index contributed by atoms with van der Waals surface area (Å²) >= 11 is 5.16. The van der Waals surface area contributed by atoms with Crippen LogP contribution in [0.25, 0.3) is 0 Å². The zero-order valence-electron chi connectivity index (χ0n) is 12.6. The lowest BCUT2D eigenvalue weighted by atomic mass is 9.95. The molecule has 7 heteroatoms. The molecule has 1 atom stereocenters. The van der Waals surface area contributed by atoms with E-state index in [0.717, 1.165) is 5.56 Å². The fourth-order valence-electron chi connectivity index (χ4n) is 2.30. The van der Waals surface area contributed by atoms with E-state index in [0.29, 0.717) is 22.1 Å². The number of allylic oxidation sites excluding steroid dienone is 1. The van der Waals surface area contributed by atoms with E-state index in [1.165, 1.54) is 13.2 Å². The monoisotopic (exact) mass is 322 g/mol. The highest BCUT2D eigenvalue weighted by Crippen LogP contribution is 2.33. The maximum atomic E-state index is 12.2. The number of aromatic hydroxyl groups is 1. The normalized spacial score (nSPS) is 17.6. The Labute approximate surface area is 134 Å². The SMILES string of the molecule is CCOC(=O)C1=C(C)NC(=S)N[C@H]1c1ccc(O)c(OC)c1. The van der Waals surface area contributed by atoms with Gasteiger partial charge in [-0.1, -0.05) is 6.07 Å². The average Bonchev–Trinajstić information content (AvgIpc) is 2.47. The second-order valence-electron chi connectivity index (χ2n) is 4.72. The second-order valence-corrected chi connectivity index (χ2v) is 5.13. The summed E-state index contributed by atoms with van der Waals surface area (Å²) in [4.78, 5) is 12.2. The number of thiocarbonyl (C=S) groups is 1. The van der Waals surface area contributed by atoms with Crippen molar-refractivity contribution < 1.29 is 19.4 Å². The van der Waals surface area contributed by atoms with Crippen molar-refractivity contribution in [3.05, 3.63) is 35.0 Å². The van der Waals surface area contributed by atoms with Crippen LogP contribution in [0.3, 0.4) is 0 Å². The number of esters is 1. The highest BCUT2D eigenvalue weighted by molar-refractivity contribution is 7.80. The van der Waals surface area contributed by atoms with Crippen molar-refractivity contribution in [1.82, 2.24) is 10.6 Å². The van der Waals surface area contributed by atoms with Crippen LogP contribution in [0.1, 0.15) is 25.5 Å². The Kier molecular flexibility index (Phi) is 4.87. The second kappa shape index (κ2) is 6.65. The lowest BCUT2D eigenvalue weighted by molar-refractivity contribution is -0.139. The van der Waals surface area contributed by atoms with Gasteiger partial charge in [0.25, 0.3) is 0 Å². The summed E-state index contributed by atoms with van der Waals surface area (Å²) in [5.41, 5.74) is 1.82. The minimum absolute atomic E-state index is 0.0288. The molecule has 1 aliphatic rings. The van der Waals surface area contributed by atoms with Crippen molar-refractivity contribution in [2.45, 2.75) is 19.9 Å². The Balaban J connectivity index is 2.47. The van der Waals surface area contributed by atoms with E-state index in [-0.39, 0.29) is 12.4 Å². The van der Waals surface area contributed by atoms with E-state index in [4.69, 9.17) is 21.7 Å². The summed E-state index contributed by atoms with van der Waals surface area (Å²) in [6.45, 7) is 3.80. The highest BCUT2D eigenvalue weighted by atomic mass is 32.1. The molecule has 0 aliphatic carbocycles. The molecule has 0 unspecified atom stereocenters. The van der Waals surface area contributed by atoms with Crippen LogP contribution in [-0.4, -0.2) is 29.9 Å². The van der Waals surface area contributed by atoms with Crippen LogP contribution in [0.4, 0.5) is 0 Å². The lowest BCUT2D eigenvalue weighted by Gasteiger charge is -2.30. The number of carbonyl (C=O) groups is 1. The highest BCUT2D eigenvalue weighted by Gasteiger charge is 2.31. The smallest absolute Gasteiger partial charge is 0.338 e. The number of hydrogen-bond acceptors (Lipinski definition) is 5. The van der Waals surface area contributed by atoms with Crippen molar-refractivity contribution in [3.8, 4) is 11.5 Å². The number of phenols is 1. The average molecular weight is 322 g/mol. The molecule has 0 fully saturated rings. The first-order chi connectivity index (χ1) is 10.5. The van der Waals surface area contributed by atoms with Gasteiger partial charge in [-0.3, -0.25) is 0 Å². The van der Waals surface area contributed by atoms with Crippen molar-refractivity contribution >= 4 is 23.3 Å². The largest absolute Gasteiger partial charge is 0.504 e. The van der Waals surface area contributed by atoms with Crippen LogP contribution in [0.2, 0.25) is 0 Å². The predicted octanol–water partition coefficient (Wildman–Crippen LogP) is 1.76. The summed E-state index contributed by atoms with van der Waals surface area (Å²) in [7, 11) is 1.46. The third kappa shape index (κ3) is 3.14. The number of nitrogens with one attached hydrogen (secondary N) is 2. The number of hydrogen-bond donors (Lipinski definition) is 3. The molecule has 0 radical (unpaired) electrons. The third-order valence-corrected chi connectivity index (χ3v) is 3.52. The van der Waals surface area contributed by atoms with E-state index in [1.54, 1.807) is 26.0 Å². The molecule has 0 bridgehead atoms. The standard InChI is InChI=1S/C15H18N2O4S/c1-4-21-14(19)12-8(2)16-15(22)17-13(12)9-5-6-10(18)11(7-9)20-3/h5-7,13,18H,4H2,1-3H3,(H2,16,17,22)/t13-/m0/s1. The van der Waals surface area contributed by atoms with Crippen LogP contribution in [0.5, 0.6) is 11.5 Å².